The highest BCUT2D eigenvalue weighted by atomic mass is 16.5. The number of carboxylic acids is 1. The Morgan fingerprint density at radius 3 is 3.00 bits per heavy atom. The Morgan fingerprint density at radius 1 is 1.52 bits per heavy atom. The van der Waals surface area contributed by atoms with Crippen LogP contribution in [0.3, 0.4) is 0 Å². The summed E-state index contributed by atoms with van der Waals surface area (Å²) in [4.78, 5) is 25.8. The summed E-state index contributed by atoms with van der Waals surface area (Å²) in [5.74, 6) is -0.573. The fourth-order valence-corrected chi connectivity index (χ4v) is 1.94. The van der Waals surface area contributed by atoms with Gasteiger partial charge in [-0.15, -0.1) is 0 Å². The first-order valence-corrected chi connectivity index (χ1v) is 6.34. The van der Waals surface area contributed by atoms with Gasteiger partial charge in [-0.3, -0.25) is 9.78 Å². The Balaban J connectivity index is 2.04. The lowest BCUT2D eigenvalue weighted by molar-refractivity contribution is -0.105. The maximum Gasteiger partial charge on any atom is 0.337 e. The number of ether oxygens (including phenoxy) is 2. The third kappa shape index (κ3) is 3.76. The van der Waals surface area contributed by atoms with Crippen LogP contribution in [0, 0.1) is 0 Å². The highest BCUT2D eigenvalue weighted by Crippen LogP contribution is 2.21. The molecule has 0 bridgehead atoms. The summed E-state index contributed by atoms with van der Waals surface area (Å²) in [6.45, 7) is 0.142. The lowest BCUT2D eigenvalue weighted by atomic mass is 10.0. The molecule has 0 saturated heterocycles. The largest absolute Gasteiger partial charge is 0.488 e. The van der Waals surface area contributed by atoms with E-state index in [1.165, 1.54) is 18.5 Å². The van der Waals surface area contributed by atoms with Crippen LogP contribution in [0.4, 0.5) is 0 Å². The van der Waals surface area contributed by atoms with Crippen LogP contribution >= 0.6 is 0 Å². The number of methoxy groups -OCH3 is 1. The van der Waals surface area contributed by atoms with Crippen molar-refractivity contribution < 1.29 is 24.2 Å². The molecule has 1 atom stereocenters. The minimum Gasteiger partial charge on any atom is -0.488 e. The highest BCUT2D eigenvalue weighted by Gasteiger charge is 2.16. The second-order valence-electron chi connectivity index (χ2n) is 4.49. The number of hydrogen-bond donors (Lipinski definition) is 1. The van der Waals surface area contributed by atoms with E-state index >= 15 is 0 Å². The molecule has 1 heterocycles. The average Bonchev–Trinajstić information content (AvgIpc) is 2.53. The van der Waals surface area contributed by atoms with Crippen molar-refractivity contribution in [1.29, 1.82) is 0 Å². The zero-order chi connectivity index (χ0) is 15.2. The molecule has 0 amide bonds. The van der Waals surface area contributed by atoms with Crippen LogP contribution in [-0.4, -0.2) is 35.6 Å². The Hall–Kier alpha value is -2.47. The third-order valence-corrected chi connectivity index (χ3v) is 3.05. The Bertz CT molecular complexity index is 606. The molecule has 0 spiro atoms. The Labute approximate surface area is 121 Å². The molecular weight excluding hydrogens is 274 g/mol. The monoisotopic (exact) mass is 289 g/mol. The molecule has 1 aliphatic carbocycles. The van der Waals surface area contributed by atoms with E-state index in [2.05, 4.69) is 4.98 Å². The van der Waals surface area contributed by atoms with E-state index in [9.17, 15) is 9.59 Å². The van der Waals surface area contributed by atoms with Gasteiger partial charge in [-0.2, -0.15) is 0 Å². The smallest absolute Gasteiger partial charge is 0.337 e. The molecule has 0 aromatic carbocycles. The van der Waals surface area contributed by atoms with Gasteiger partial charge >= 0.3 is 5.97 Å². The number of carbonyl (C=O) groups is 2. The molecule has 2 rings (SSSR count). The van der Waals surface area contributed by atoms with Crippen molar-refractivity contribution in [3.63, 3.8) is 0 Å². The summed E-state index contributed by atoms with van der Waals surface area (Å²) >= 11 is 0. The number of carboxylic acid groups (broad SMARTS) is 1. The number of aromatic carboxylic acids is 1. The van der Waals surface area contributed by atoms with Crippen molar-refractivity contribution >= 4 is 12.3 Å². The molecule has 0 saturated carbocycles. The van der Waals surface area contributed by atoms with Gasteiger partial charge in [-0.05, 0) is 24.6 Å². The molecule has 1 aromatic rings. The maximum atomic E-state index is 11.1. The first-order chi connectivity index (χ1) is 10.1. The molecule has 1 aliphatic rings. The van der Waals surface area contributed by atoms with Crippen LogP contribution in [0.15, 0.2) is 41.9 Å². The van der Waals surface area contributed by atoms with Crippen LogP contribution in [0.2, 0.25) is 0 Å². The van der Waals surface area contributed by atoms with Gasteiger partial charge in [-0.1, -0.05) is 0 Å². The van der Waals surface area contributed by atoms with Gasteiger partial charge in [0.15, 0.2) is 6.29 Å². The molecular formula is C15H15NO5. The number of rotatable bonds is 6. The van der Waals surface area contributed by atoms with Crippen LogP contribution in [0.25, 0.3) is 0 Å². The average molecular weight is 289 g/mol. The molecule has 21 heavy (non-hydrogen) atoms. The predicted octanol–water partition coefficient (Wildman–Crippen LogP) is 1.72. The van der Waals surface area contributed by atoms with E-state index in [4.69, 9.17) is 14.6 Å². The summed E-state index contributed by atoms with van der Waals surface area (Å²) in [7, 11) is 1.58. The van der Waals surface area contributed by atoms with Crippen molar-refractivity contribution in [1.82, 2.24) is 4.98 Å². The van der Waals surface area contributed by atoms with Gasteiger partial charge in [0, 0.05) is 25.1 Å². The first kappa shape index (κ1) is 14.9. The van der Waals surface area contributed by atoms with E-state index < -0.39 is 5.97 Å². The van der Waals surface area contributed by atoms with Crippen molar-refractivity contribution in [3.8, 4) is 0 Å². The summed E-state index contributed by atoms with van der Waals surface area (Å²) in [5.41, 5.74) is 1.14. The van der Waals surface area contributed by atoms with Crippen LogP contribution in [0.1, 0.15) is 22.3 Å². The van der Waals surface area contributed by atoms with Crippen molar-refractivity contribution in [3.05, 3.63) is 53.1 Å². The fraction of sp³-hybridized carbons (Fsp3) is 0.267. The molecule has 6 heteroatoms. The molecule has 1 aromatic heterocycles. The number of allylic oxidation sites excluding steroid dienone is 1. The molecule has 0 aliphatic heterocycles. The molecule has 0 radical (unpaired) electrons. The van der Waals surface area contributed by atoms with Crippen LogP contribution < -0.4 is 0 Å². The van der Waals surface area contributed by atoms with Crippen LogP contribution in [-0.2, 0) is 20.9 Å². The van der Waals surface area contributed by atoms with Gasteiger partial charge in [0.05, 0.1) is 17.2 Å². The molecule has 0 fully saturated rings. The number of pyridine rings is 1. The Morgan fingerprint density at radius 2 is 2.33 bits per heavy atom. The second-order valence-corrected chi connectivity index (χ2v) is 4.49. The van der Waals surface area contributed by atoms with Crippen molar-refractivity contribution in [2.75, 3.05) is 7.11 Å². The first-order valence-electron chi connectivity index (χ1n) is 6.34. The van der Waals surface area contributed by atoms with Gasteiger partial charge in [0.1, 0.15) is 12.4 Å². The second kappa shape index (κ2) is 6.81. The summed E-state index contributed by atoms with van der Waals surface area (Å²) < 4.78 is 10.7. The van der Waals surface area contributed by atoms with Crippen LogP contribution in [0.5, 0.6) is 0 Å². The fourth-order valence-electron chi connectivity index (χ4n) is 1.94. The third-order valence-electron chi connectivity index (χ3n) is 3.05. The molecule has 6 nitrogen and oxygen atoms in total. The van der Waals surface area contributed by atoms with E-state index in [0.29, 0.717) is 29.6 Å². The summed E-state index contributed by atoms with van der Waals surface area (Å²) in [5, 5.41) is 8.90. The lowest BCUT2D eigenvalue weighted by Gasteiger charge is -2.18. The lowest BCUT2D eigenvalue weighted by Crippen LogP contribution is -2.14. The minimum atomic E-state index is -1.04. The number of hydrogen-bond acceptors (Lipinski definition) is 5. The number of aldehydes is 1. The predicted molar refractivity (Wildman–Crippen MR) is 73.6 cm³/mol. The maximum absolute atomic E-state index is 11.1. The molecule has 1 N–H and O–H groups in total. The van der Waals surface area contributed by atoms with E-state index in [1.54, 1.807) is 19.3 Å². The summed E-state index contributed by atoms with van der Waals surface area (Å²) in [6.07, 6.45) is 7.48. The van der Waals surface area contributed by atoms with Gasteiger partial charge in [0.25, 0.3) is 0 Å². The van der Waals surface area contributed by atoms with Gasteiger partial charge < -0.3 is 14.6 Å². The van der Waals surface area contributed by atoms with E-state index in [-0.39, 0.29) is 18.3 Å². The van der Waals surface area contributed by atoms with Crippen molar-refractivity contribution in [2.45, 2.75) is 19.1 Å². The normalized spacial score (nSPS) is 17.7. The standard InChI is InChI=1S/C15H15NO5/c1-20-13-2-3-14(12(5-13)8-17)21-9-10-4-11(15(18)19)7-16-6-10/h3-8,13H,2,9H2,1H3,(H,18,19). The van der Waals surface area contributed by atoms with Gasteiger partial charge in [0.2, 0.25) is 0 Å². The Kier molecular flexibility index (Phi) is 4.84. The molecule has 1 unspecified atom stereocenters. The van der Waals surface area contributed by atoms with E-state index in [0.717, 1.165) is 0 Å². The quantitative estimate of drug-likeness (QED) is 0.803. The molecule has 110 valence electrons. The zero-order valence-corrected chi connectivity index (χ0v) is 11.5. The zero-order valence-electron chi connectivity index (χ0n) is 11.5. The van der Waals surface area contributed by atoms with E-state index in [1.807, 2.05) is 0 Å². The number of aromatic nitrogens is 1. The number of nitrogens with zero attached hydrogens (tertiary/aromatic N) is 1. The summed E-state index contributed by atoms with van der Waals surface area (Å²) in [6, 6.07) is 1.49. The SMILES string of the molecule is COC1C=C(C=O)C(OCc2cncc(C(=O)O)c2)=CC1. The van der Waals surface area contributed by atoms with Gasteiger partial charge in [-0.25, -0.2) is 4.79 Å². The van der Waals surface area contributed by atoms with Crippen molar-refractivity contribution in [2.24, 2.45) is 0 Å². The highest BCUT2D eigenvalue weighted by molar-refractivity contribution is 5.87. The minimum absolute atomic E-state index is 0.0966. The number of carbonyl (C=O) groups excluding carboxylic acids is 1. The topological polar surface area (TPSA) is 85.7 Å².